The van der Waals surface area contributed by atoms with E-state index in [9.17, 15) is 8.78 Å². The molecular weight excluding hydrogens is 474 g/mol. The highest BCUT2D eigenvalue weighted by atomic mass is 19.3. The van der Waals surface area contributed by atoms with Crippen molar-refractivity contribution in [3.8, 4) is 16.9 Å². The van der Waals surface area contributed by atoms with Crippen molar-refractivity contribution < 1.29 is 8.78 Å². The van der Waals surface area contributed by atoms with Gasteiger partial charge in [-0.05, 0) is 56.1 Å². The van der Waals surface area contributed by atoms with Crippen LogP contribution in [0.1, 0.15) is 35.5 Å². The van der Waals surface area contributed by atoms with Crippen LogP contribution in [0.2, 0.25) is 0 Å². The molecule has 0 radical (unpaired) electrons. The number of aryl methyl sites for hydroxylation is 2. The zero-order chi connectivity index (χ0) is 25.6. The first kappa shape index (κ1) is 23.5. The summed E-state index contributed by atoms with van der Waals surface area (Å²) in [5.41, 5.74) is 7.71. The molecule has 1 aliphatic carbocycles. The predicted octanol–water partition coefficient (Wildman–Crippen LogP) is 4.58. The van der Waals surface area contributed by atoms with Gasteiger partial charge in [-0.2, -0.15) is 0 Å². The first-order chi connectivity index (χ1) is 17.8. The topological polar surface area (TPSA) is 77.9 Å². The maximum Gasteiger partial charge on any atom is 0.248 e. The Labute approximate surface area is 213 Å². The molecular formula is C27H28F2N8. The average molecular weight is 503 g/mol. The normalized spacial score (nSPS) is 15.4. The van der Waals surface area contributed by atoms with Crippen molar-refractivity contribution in [1.82, 2.24) is 39.2 Å². The molecule has 1 saturated carbocycles. The molecule has 0 spiro atoms. The van der Waals surface area contributed by atoms with E-state index in [1.54, 1.807) is 10.9 Å². The van der Waals surface area contributed by atoms with Gasteiger partial charge in [0.25, 0.3) is 0 Å². The molecule has 0 unspecified atom stereocenters. The van der Waals surface area contributed by atoms with E-state index in [0.29, 0.717) is 19.6 Å². The first-order valence-electron chi connectivity index (χ1n) is 12.4. The number of nitrogens with zero attached hydrogens (tertiary/aromatic N) is 7. The van der Waals surface area contributed by atoms with Crippen molar-refractivity contribution in [1.29, 1.82) is 0 Å². The number of fused-ring (bicyclic) bond motifs is 1. The summed E-state index contributed by atoms with van der Waals surface area (Å²) in [5, 5.41) is 12.0. The van der Waals surface area contributed by atoms with Crippen LogP contribution in [0.4, 0.5) is 8.78 Å². The Morgan fingerprint density at radius 2 is 1.84 bits per heavy atom. The van der Waals surface area contributed by atoms with Gasteiger partial charge in [-0.3, -0.25) is 4.98 Å². The minimum atomic E-state index is -2.47. The van der Waals surface area contributed by atoms with Gasteiger partial charge in [0.2, 0.25) is 5.92 Å². The number of alkyl halides is 2. The molecule has 0 aromatic carbocycles. The summed E-state index contributed by atoms with van der Waals surface area (Å²) in [7, 11) is 0. The third kappa shape index (κ3) is 4.89. The van der Waals surface area contributed by atoms with E-state index in [2.05, 4.69) is 57.2 Å². The highest BCUT2D eigenvalue weighted by Gasteiger charge is 2.44. The van der Waals surface area contributed by atoms with Gasteiger partial charge in [0.15, 0.2) is 0 Å². The van der Waals surface area contributed by atoms with Gasteiger partial charge in [0, 0.05) is 54.9 Å². The Kier molecular flexibility index (Phi) is 5.83. The minimum absolute atomic E-state index is 0.0116. The second-order valence-corrected chi connectivity index (χ2v) is 9.98. The SMILES string of the molecule is Cc1ccc(C)n1-c1cncc(-c2cn(Cc3cn4cc(CNCC5CC(F)(F)C5)ccc4n3)nn2)c1. The average Bonchev–Trinajstić information content (AvgIpc) is 3.56. The van der Waals surface area contributed by atoms with Crippen LogP contribution in [0.15, 0.2) is 61.3 Å². The highest BCUT2D eigenvalue weighted by molar-refractivity contribution is 5.60. The van der Waals surface area contributed by atoms with Crippen molar-refractivity contribution in [2.24, 2.45) is 5.92 Å². The number of rotatable bonds is 8. The monoisotopic (exact) mass is 502 g/mol. The zero-order valence-electron chi connectivity index (χ0n) is 20.8. The summed E-state index contributed by atoms with van der Waals surface area (Å²) in [6.45, 7) is 5.88. The van der Waals surface area contributed by atoms with Crippen LogP contribution < -0.4 is 5.32 Å². The van der Waals surface area contributed by atoms with Crippen LogP contribution in [-0.2, 0) is 13.1 Å². The van der Waals surface area contributed by atoms with Gasteiger partial charge in [-0.25, -0.2) is 18.4 Å². The van der Waals surface area contributed by atoms with Crippen LogP contribution in [0.5, 0.6) is 0 Å². The summed E-state index contributed by atoms with van der Waals surface area (Å²) >= 11 is 0. The fourth-order valence-electron chi connectivity index (χ4n) is 5.06. The number of imidazole rings is 1. The van der Waals surface area contributed by atoms with E-state index in [1.807, 2.05) is 41.3 Å². The fraction of sp³-hybridized carbons (Fsp3) is 0.333. The van der Waals surface area contributed by atoms with Crippen molar-refractivity contribution in [2.75, 3.05) is 6.54 Å². The molecule has 0 saturated heterocycles. The number of hydrogen-bond donors (Lipinski definition) is 1. The number of halogens is 2. The molecule has 0 aliphatic heterocycles. The van der Waals surface area contributed by atoms with Crippen LogP contribution >= 0.6 is 0 Å². The van der Waals surface area contributed by atoms with Gasteiger partial charge in [-0.15, -0.1) is 5.10 Å². The molecule has 1 fully saturated rings. The minimum Gasteiger partial charge on any atom is -0.317 e. The number of nitrogens with one attached hydrogen (secondary N) is 1. The smallest absolute Gasteiger partial charge is 0.248 e. The number of hydrogen-bond acceptors (Lipinski definition) is 5. The molecule has 37 heavy (non-hydrogen) atoms. The lowest BCUT2D eigenvalue weighted by Gasteiger charge is -2.35. The van der Waals surface area contributed by atoms with Crippen molar-refractivity contribution in [3.05, 3.63) is 84.0 Å². The molecule has 5 aromatic rings. The summed E-state index contributed by atoms with van der Waals surface area (Å²) in [4.78, 5) is 9.12. The van der Waals surface area contributed by atoms with Crippen LogP contribution in [0, 0.1) is 19.8 Å². The van der Waals surface area contributed by atoms with Crippen molar-refractivity contribution >= 4 is 5.65 Å². The molecule has 190 valence electrons. The number of aromatic nitrogens is 7. The van der Waals surface area contributed by atoms with Gasteiger partial charge >= 0.3 is 0 Å². The van der Waals surface area contributed by atoms with E-state index in [1.165, 1.54) is 0 Å². The van der Waals surface area contributed by atoms with Crippen LogP contribution in [-0.4, -0.2) is 46.4 Å². The van der Waals surface area contributed by atoms with Gasteiger partial charge in [0.05, 0.1) is 30.3 Å². The number of pyridine rings is 2. The molecule has 5 heterocycles. The van der Waals surface area contributed by atoms with E-state index in [0.717, 1.165) is 45.2 Å². The van der Waals surface area contributed by atoms with Crippen molar-refractivity contribution in [2.45, 2.75) is 45.7 Å². The summed E-state index contributed by atoms with van der Waals surface area (Å²) in [6.07, 6.45) is 9.52. The van der Waals surface area contributed by atoms with E-state index in [4.69, 9.17) is 4.98 Å². The largest absolute Gasteiger partial charge is 0.317 e. The summed E-state index contributed by atoms with van der Waals surface area (Å²) < 4.78 is 31.9. The quantitative estimate of drug-likeness (QED) is 0.336. The van der Waals surface area contributed by atoms with Crippen molar-refractivity contribution in [3.63, 3.8) is 0 Å². The van der Waals surface area contributed by atoms with Gasteiger partial charge < -0.3 is 14.3 Å². The Morgan fingerprint density at radius 3 is 2.62 bits per heavy atom. The Bertz CT molecular complexity index is 1540. The summed E-state index contributed by atoms with van der Waals surface area (Å²) in [6, 6.07) is 10.2. The lowest BCUT2D eigenvalue weighted by Crippen LogP contribution is -2.40. The Hall–Kier alpha value is -3.92. The fourth-order valence-corrected chi connectivity index (χ4v) is 5.06. The Morgan fingerprint density at radius 1 is 1.03 bits per heavy atom. The molecule has 10 heteroatoms. The molecule has 6 rings (SSSR count). The van der Waals surface area contributed by atoms with Gasteiger partial charge in [0.1, 0.15) is 11.3 Å². The Balaban J connectivity index is 1.12. The van der Waals surface area contributed by atoms with Crippen LogP contribution in [0.25, 0.3) is 22.6 Å². The molecule has 0 bridgehead atoms. The molecule has 0 amide bonds. The highest BCUT2D eigenvalue weighted by Crippen LogP contribution is 2.41. The second-order valence-electron chi connectivity index (χ2n) is 9.98. The molecule has 1 aliphatic rings. The van der Waals surface area contributed by atoms with E-state index in [-0.39, 0.29) is 18.8 Å². The summed E-state index contributed by atoms with van der Waals surface area (Å²) in [5.74, 6) is -2.41. The van der Waals surface area contributed by atoms with Crippen LogP contribution in [0.3, 0.4) is 0 Å². The lowest BCUT2D eigenvalue weighted by molar-refractivity contribution is -0.109. The lowest BCUT2D eigenvalue weighted by atomic mass is 9.81. The molecule has 0 atom stereocenters. The molecule has 8 nitrogen and oxygen atoms in total. The van der Waals surface area contributed by atoms with E-state index >= 15 is 0 Å². The second kappa shape index (κ2) is 9.19. The van der Waals surface area contributed by atoms with Gasteiger partial charge in [-0.1, -0.05) is 11.3 Å². The maximum absolute atomic E-state index is 13.0. The zero-order valence-corrected chi connectivity index (χ0v) is 20.8. The first-order valence-corrected chi connectivity index (χ1v) is 12.4. The standard InChI is InChI=1S/C27H28F2N8/c1-18-3-4-19(2)37(18)24-7-22(12-31-13-24)25-17-36(34-33-25)16-23-15-35-14-20(5-6-26(35)32-23)10-30-11-21-8-27(28,29)9-21/h3-7,12-15,17,21,30H,8-11,16H2,1-2H3. The van der Waals surface area contributed by atoms with E-state index < -0.39 is 5.92 Å². The third-order valence-electron chi connectivity index (χ3n) is 6.91. The maximum atomic E-state index is 13.0. The molecule has 1 N–H and O–H groups in total. The third-order valence-corrected chi connectivity index (χ3v) is 6.91. The predicted molar refractivity (Wildman–Crippen MR) is 136 cm³/mol. The molecule has 5 aromatic heterocycles.